The zero-order chi connectivity index (χ0) is 21.7. The minimum atomic E-state index is -0.652. The zero-order valence-electron chi connectivity index (χ0n) is 18.6. The van der Waals surface area contributed by atoms with Gasteiger partial charge in [0, 0.05) is 40.9 Å². The van der Waals surface area contributed by atoms with E-state index < -0.39 is 28.1 Å². The zero-order valence-corrected chi connectivity index (χ0v) is 18.6. The fourth-order valence-corrected chi connectivity index (χ4v) is 5.26. The third kappa shape index (κ3) is 4.75. The van der Waals surface area contributed by atoms with Gasteiger partial charge in [0.2, 0.25) is 0 Å². The number of carbonyl (C=O) groups excluding carboxylic acids is 2. The summed E-state index contributed by atoms with van der Waals surface area (Å²) in [6.07, 6.45) is 1.07. The third-order valence-electron chi connectivity index (χ3n) is 6.22. The summed E-state index contributed by atoms with van der Waals surface area (Å²) in [4.78, 5) is 25.2. The van der Waals surface area contributed by atoms with Gasteiger partial charge in [0.15, 0.2) is 0 Å². The summed E-state index contributed by atoms with van der Waals surface area (Å²) in [6, 6.07) is 0. The summed E-state index contributed by atoms with van der Waals surface area (Å²) >= 11 is 0. The largest absolute Gasteiger partial charge is 0.462 e. The Balaban J connectivity index is 1.99. The van der Waals surface area contributed by atoms with Crippen LogP contribution in [0.25, 0.3) is 0 Å². The van der Waals surface area contributed by atoms with Gasteiger partial charge in [-0.1, -0.05) is 0 Å². The molecule has 2 rings (SSSR count). The van der Waals surface area contributed by atoms with Gasteiger partial charge in [0.05, 0.1) is 0 Å². The number of ketones is 1. The lowest BCUT2D eigenvalue weighted by Crippen LogP contribution is -2.60. The van der Waals surface area contributed by atoms with Gasteiger partial charge in [-0.05, 0) is 68.2 Å². The highest BCUT2D eigenvalue weighted by atomic mass is 16.5. The molecule has 160 valence electrons. The molecule has 0 N–H and O–H groups in total. The van der Waals surface area contributed by atoms with E-state index in [1.54, 1.807) is 0 Å². The van der Waals surface area contributed by atoms with Crippen molar-refractivity contribution in [3.8, 4) is 0 Å². The predicted octanol–water partition coefficient (Wildman–Crippen LogP) is 3.47. The molecule has 2 heterocycles. The summed E-state index contributed by atoms with van der Waals surface area (Å²) in [5.74, 6) is -1.04. The van der Waals surface area contributed by atoms with E-state index in [0.29, 0.717) is 25.7 Å². The number of Topliss-reactive ketones (excluding diaryl/α,β-unsaturated/α-hetero) is 1. The molecule has 2 aliphatic rings. The summed E-state index contributed by atoms with van der Waals surface area (Å²) in [7, 11) is 0. The van der Waals surface area contributed by atoms with Crippen molar-refractivity contribution in [1.29, 1.82) is 0 Å². The number of hydroxylamine groups is 4. The number of piperidine rings is 2. The van der Waals surface area contributed by atoms with Crippen LogP contribution in [0.15, 0.2) is 0 Å². The average molecular weight is 397 g/mol. The van der Waals surface area contributed by atoms with Crippen molar-refractivity contribution in [3.05, 3.63) is 0 Å². The molecule has 7 heteroatoms. The topological polar surface area (TPSA) is 89.7 Å². The average Bonchev–Trinajstić information content (AvgIpc) is 2.48. The van der Waals surface area contributed by atoms with E-state index >= 15 is 0 Å². The highest BCUT2D eigenvalue weighted by molar-refractivity contribution is 5.97. The minimum absolute atomic E-state index is 0.168. The Morgan fingerprint density at radius 2 is 1.11 bits per heavy atom. The van der Waals surface area contributed by atoms with Crippen molar-refractivity contribution in [3.63, 3.8) is 0 Å². The summed E-state index contributed by atoms with van der Waals surface area (Å²) in [6.45, 7) is 14.7. The maximum Gasteiger partial charge on any atom is 0.313 e. The van der Waals surface area contributed by atoms with Gasteiger partial charge in [-0.3, -0.25) is 9.59 Å². The minimum Gasteiger partial charge on any atom is -0.462 e. The molecule has 0 aromatic heterocycles. The van der Waals surface area contributed by atoms with E-state index in [9.17, 15) is 20.0 Å². The van der Waals surface area contributed by atoms with Crippen molar-refractivity contribution < 1.29 is 24.7 Å². The van der Waals surface area contributed by atoms with Crippen LogP contribution in [-0.2, 0) is 24.7 Å². The molecular formula is C21H36N2O5. The number of nitrogens with zero attached hydrogens (tertiary/aromatic N) is 2. The summed E-state index contributed by atoms with van der Waals surface area (Å²) in [5.41, 5.74) is -2.57. The van der Waals surface area contributed by atoms with Crippen molar-refractivity contribution in [2.24, 2.45) is 5.92 Å². The molecule has 0 unspecified atom stereocenters. The van der Waals surface area contributed by atoms with Crippen LogP contribution in [0.4, 0.5) is 0 Å². The first-order valence-corrected chi connectivity index (χ1v) is 10.2. The number of hydrogen-bond acceptors (Lipinski definition) is 5. The molecule has 0 amide bonds. The predicted molar refractivity (Wildman–Crippen MR) is 103 cm³/mol. The first-order chi connectivity index (χ1) is 12.5. The number of ether oxygens (including phenoxy) is 1. The Kier molecular flexibility index (Phi) is 6.10. The van der Waals surface area contributed by atoms with Crippen molar-refractivity contribution in [2.75, 3.05) is 0 Å². The van der Waals surface area contributed by atoms with Crippen LogP contribution in [0.1, 0.15) is 87.5 Å². The van der Waals surface area contributed by atoms with E-state index in [4.69, 9.17) is 4.74 Å². The van der Waals surface area contributed by atoms with E-state index in [-0.39, 0.29) is 24.2 Å². The molecule has 2 fully saturated rings. The monoisotopic (exact) mass is 396 g/mol. The van der Waals surface area contributed by atoms with Crippen molar-refractivity contribution >= 4 is 11.8 Å². The SMILES string of the molecule is CC1(C)CC(OC(=O)CC(=O)C2CC(C)(C)N([O])C(C)(C)C2)CC(C)(C)N1[O]. The molecule has 28 heavy (non-hydrogen) atoms. The van der Waals surface area contributed by atoms with Crippen molar-refractivity contribution in [2.45, 2.75) is 116 Å². The molecule has 0 aromatic carbocycles. The number of hydrogen-bond donors (Lipinski definition) is 0. The molecule has 0 spiro atoms. The fourth-order valence-electron chi connectivity index (χ4n) is 5.26. The lowest BCUT2D eigenvalue weighted by molar-refractivity contribution is -0.299. The summed E-state index contributed by atoms with van der Waals surface area (Å²) in [5, 5.41) is 27.0. The molecular weight excluding hydrogens is 360 g/mol. The Hall–Kier alpha value is -1.02. The van der Waals surface area contributed by atoms with Crippen LogP contribution in [0.5, 0.6) is 0 Å². The van der Waals surface area contributed by atoms with Gasteiger partial charge in [0.1, 0.15) is 18.3 Å². The summed E-state index contributed by atoms with van der Waals surface area (Å²) < 4.78 is 5.60. The van der Waals surface area contributed by atoms with E-state index in [2.05, 4.69) is 0 Å². The first kappa shape index (κ1) is 23.3. The second-order valence-electron chi connectivity index (χ2n) is 11.1. The standard InChI is InChI=1S/C21H36N2O5/c1-18(2)10-14(11-19(3,4)22(18)26)16(24)9-17(25)28-15-12-20(5,6)23(27)21(7,8)13-15/h14-15H,9-13H2,1-8H3. The van der Waals surface area contributed by atoms with Gasteiger partial charge in [-0.15, -0.1) is 20.5 Å². The lowest BCUT2D eigenvalue weighted by Gasteiger charge is -2.49. The second-order valence-corrected chi connectivity index (χ2v) is 11.1. The Bertz CT molecular complexity index is 590. The van der Waals surface area contributed by atoms with Crippen LogP contribution < -0.4 is 0 Å². The highest BCUT2D eigenvalue weighted by Crippen LogP contribution is 2.41. The number of rotatable bonds is 4. The number of carbonyl (C=O) groups is 2. The Morgan fingerprint density at radius 3 is 1.50 bits per heavy atom. The van der Waals surface area contributed by atoms with Crippen LogP contribution in [0.2, 0.25) is 0 Å². The maximum atomic E-state index is 12.8. The molecule has 0 bridgehead atoms. The van der Waals surface area contributed by atoms with Gasteiger partial charge >= 0.3 is 5.97 Å². The highest BCUT2D eigenvalue weighted by Gasteiger charge is 2.49. The van der Waals surface area contributed by atoms with Crippen LogP contribution in [0.3, 0.4) is 0 Å². The van der Waals surface area contributed by atoms with Crippen LogP contribution in [-0.4, -0.2) is 50.1 Å². The second kappa shape index (κ2) is 7.35. The lowest BCUT2D eigenvalue weighted by atomic mass is 9.73. The molecule has 2 aliphatic heterocycles. The molecule has 0 aromatic rings. The normalized spacial score (nSPS) is 28.1. The van der Waals surface area contributed by atoms with Gasteiger partial charge in [-0.25, -0.2) is 0 Å². The van der Waals surface area contributed by atoms with Gasteiger partial charge < -0.3 is 4.74 Å². The van der Waals surface area contributed by atoms with Gasteiger partial charge in [-0.2, -0.15) is 0 Å². The van der Waals surface area contributed by atoms with E-state index in [1.807, 2.05) is 55.4 Å². The molecule has 0 atom stereocenters. The number of esters is 1. The fraction of sp³-hybridized carbons (Fsp3) is 0.905. The molecule has 0 aliphatic carbocycles. The van der Waals surface area contributed by atoms with Crippen LogP contribution >= 0.6 is 0 Å². The molecule has 2 saturated heterocycles. The van der Waals surface area contributed by atoms with Gasteiger partial charge in [0.25, 0.3) is 0 Å². The molecule has 2 radical (unpaired) electrons. The van der Waals surface area contributed by atoms with E-state index in [1.165, 1.54) is 0 Å². The van der Waals surface area contributed by atoms with Crippen LogP contribution in [0, 0.1) is 5.92 Å². The Labute approximate surface area is 168 Å². The first-order valence-electron chi connectivity index (χ1n) is 10.2. The maximum absolute atomic E-state index is 12.8. The third-order valence-corrected chi connectivity index (χ3v) is 6.22. The Morgan fingerprint density at radius 1 is 0.750 bits per heavy atom. The molecule has 0 saturated carbocycles. The quantitative estimate of drug-likeness (QED) is 0.536. The smallest absolute Gasteiger partial charge is 0.313 e. The van der Waals surface area contributed by atoms with E-state index in [0.717, 1.165) is 10.1 Å². The molecule has 7 nitrogen and oxygen atoms in total. The van der Waals surface area contributed by atoms with Crippen molar-refractivity contribution in [1.82, 2.24) is 10.1 Å².